The third kappa shape index (κ3) is 3.43. The highest BCUT2D eigenvalue weighted by Gasteiger charge is 2.15. The van der Waals surface area contributed by atoms with Crippen LogP contribution in [0.15, 0.2) is 22.7 Å². The highest BCUT2D eigenvalue weighted by atomic mass is 79.9. The standard InChI is InChI=1S/C15H18Br2N2O2/c1-4-11-14(17)12(19(2)18-11)9-21-15-10(8-16)6-5-7-13(15)20-3/h5-7H,4,8-9H2,1-3H3. The van der Waals surface area contributed by atoms with Gasteiger partial charge in [0.1, 0.15) is 6.61 Å². The Kier molecular flexibility index (Phi) is 5.70. The highest BCUT2D eigenvalue weighted by molar-refractivity contribution is 9.10. The van der Waals surface area contributed by atoms with Gasteiger partial charge in [-0.1, -0.05) is 35.0 Å². The summed E-state index contributed by atoms with van der Waals surface area (Å²) in [6, 6.07) is 5.87. The Labute approximate surface area is 141 Å². The number of aryl methyl sites for hydroxylation is 2. The highest BCUT2D eigenvalue weighted by Crippen LogP contribution is 2.33. The Morgan fingerprint density at radius 1 is 1.33 bits per heavy atom. The molecule has 0 saturated carbocycles. The number of rotatable bonds is 6. The van der Waals surface area contributed by atoms with Crippen LogP contribution in [0.1, 0.15) is 23.9 Å². The van der Waals surface area contributed by atoms with Crippen molar-refractivity contribution in [3.63, 3.8) is 0 Å². The van der Waals surface area contributed by atoms with E-state index < -0.39 is 0 Å². The largest absolute Gasteiger partial charge is 0.493 e. The molecule has 1 aromatic carbocycles. The van der Waals surface area contributed by atoms with Crippen LogP contribution in [0.25, 0.3) is 0 Å². The first-order valence-electron chi connectivity index (χ1n) is 6.67. The lowest BCUT2D eigenvalue weighted by Crippen LogP contribution is -2.05. The number of methoxy groups -OCH3 is 1. The number of hydrogen-bond donors (Lipinski definition) is 0. The fraction of sp³-hybridized carbons (Fsp3) is 0.400. The molecule has 0 aliphatic heterocycles. The van der Waals surface area contributed by atoms with Gasteiger partial charge in [-0.3, -0.25) is 4.68 Å². The molecular weight excluding hydrogens is 400 g/mol. The van der Waals surface area contributed by atoms with Gasteiger partial charge in [-0.25, -0.2) is 0 Å². The van der Waals surface area contributed by atoms with Gasteiger partial charge < -0.3 is 9.47 Å². The predicted molar refractivity (Wildman–Crippen MR) is 90.2 cm³/mol. The number of benzene rings is 1. The molecule has 0 amide bonds. The van der Waals surface area contributed by atoms with Gasteiger partial charge in [-0.15, -0.1) is 0 Å². The molecule has 2 rings (SSSR count). The van der Waals surface area contributed by atoms with E-state index in [1.807, 2.05) is 29.9 Å². The molecule has 0 spiro atoms. The second kappa shape index (κ2) is 7.31. The summed E-state index contributed by atoms with van der Waals surface area (Å²) in [6.07, 6.45) is 0.885. The topological polar surface area (TPSA) is 36.3 Å². The SMILES string of the molecule is CCc1nn(C)c(COc2c(CBr)cccc2OC)c1Br. The third-order valence-electron chi connectivity index (χ3n) is 3.28. The lowest BCUT2D eigenvalue weighted by atomic mass is 10.2. The molecule has 2 aromatic rings. The van der Waals surface area contributed by atoms with Crippen LogP contribution >= 0.6 is 31.9 Å². The van der Waals surface area contributed by atoms with Crippen LogP contribution in [-0.4, -0.2) is 16.9 Å². The summed E-state index contributed by atoms with van der Waals surface area (Å²) in [7, 11) is 3.58. The van der Waals surface area contributed by atoms with Crippen molar-refractivity contribution in [2.75, 3.05) is 7.11 Å². The molecule has 0 fully saturated rings. The monoisotopic (exact) mass is 416 g/mol. The molecule has 0 atom stereocenters. The third-order valence-corrected chi connectivity index (χ3v) is 4.80. The second-order valence-corrected chi connectivity index (χ2v) is 5.91. The van der Waals surface area contributed by atoms with Crippen LogP contribution < -0.4 is 9.47 Å². The molecule has 6 heteroatoms. The maximum atomic E-state index is 6.01. The smallest absolute Gasteiger partial charge is 0.165 e. The average Bonchev–Trinajstić information content (AvgIpc) is 2.78. The van der Waals surface area contributed by atoms with Crippen molar-refractivity contribution >= 4 is 31.9 Å². The van der Waals surface area contributed by atoms with Crippen LogP contribution in [-0.2, 0) is 25.4 Å². The molecule has 21 heavy (non-hydrogen) atoms. The minimum Gasteiger partial charge on any atom is -0.493 e. The van der Waals surface area contributed by atoms with E-state index in [1.165, 1.54) is 0 Å². The number of hydrogen-bond acceptors (Lipinski definition) is 3. The Morgan fingerprint density at radius 2 is 2.10 bits per heavy atom. The maximum Gasteiger partial charge on any atom is 0.165 e. The molecule has 0 aliphatic carbocycles. The van der Waals surface area contributed by atoms with Crippen LogP contribution in [0.3, 0.4) is 0 Å². The van der Waals surface area contributed by atoms with Crippen LogP contribution in [0.2, 0.25) is 0 Å². The van der Waals surface area contributed by atoms with E-state index in [2.05, 4.69) is 43.9 Å². The molecule has 0 N–H and O–H groups in total. The van der Waals surface area contributed by atoms with E-state index in [1.54, 1.807) is 7.11 Å². The summed E-state index contributed by atoms with van der Waals surface area (Å²) in [6.45, 7) is 2.52. The minimum absolute atomic E-state index is 0.435. The molecular formula is C15H18Br2N2O2. The van der Waals surface area contributed by atoms with Crippen molar-refractivity contribution in [2.45, 2.75) is 25.3 Å². The van der Waals surface area contributed by atoms with Crippen molar-refractivity contribution in [2.24, 2.45) is 7.05 Å². The molecule has 0 radical (unpaired) electrons. The van der Waals surface area contributed by atoms with Gasteiger partial charge in [0.05, 0.1) is 23.0 Å². The zero-order valence-corrected chi connectivity index (χ0v) is 15.5. The average molecular weight is 418 g/mol. The quantitative estimate of drug-likeness (QED) is 0.660. The molecule has 1 aromatic heterocycles. The lowest BCUT2D eigenvalue weighted by molar-refractivity contribution is 0.273. The Balaban J connectivity index is 2.26. The van der Waals surface area contributed by atoms with Gasteiger partial charge in [0.25, 0.3) is 0 Å². The van der Waals surface area contributed by atoms with Gasteiger partial charge in [0.15, 0.2) is 11.5 Å². The number of halogens is 2. The minimum atomic E-state index is 0.435. The Bertz CT molecular complexity index is 604. The molecule has 1 heterocycles. The van der Waals surface area contributed by atoms with Crippen LogP contribution in [0.5, 0.6) is 11.5 Å². The van der Waals surface area contributed by atoms with Gasteiger partial charge >= 0.3 is 0 Å². The summed E-state index contributed by atoms with van der Waals surface area (Å²) in [5.74, 6) is 1.50. The Hall–Kier alpha value is -1.01. The number of para-hydroxylation sites is 1. The van der Waals surface area contributed by atoms with Crippen molar-refractivity contribution in [3.8, 4) is 11.5 Å². The first-order chi connectivity index (χ1) is 10.1. The van der Waals surface area contributed by atoms with Crippen molar-refractivity contribution in [1.82, 2.24) is 9.78 Å². The van der Waals surface area contributed by atoms with Crippen LogP contribution in [0, 0.1) is 0 Å². The van der Waals surface area contributed by atoms with Gasteiger partial charge in [-0.05, 0) is 28.4 Å². The van der Waals surface area contributed by atoms with E-state index >= 15 is 0 Å². The molecule has 0 aliphatic rings. The van der Waals surface area contributed by atoms with Crippen LogP contribution in [0.4, 0.5) is 0 Å². The molecule has 0 unspecified atom stereocenters. The molecule has 4 nitrogen and oxygen atoms in total. The molecule has 114 valence electrons. The van der Waals surface area contributed by atoms with Crippen molar-refractivity contribution in [3.05, 3.63) is 39.6 Å². The van der Waals surface area contributed by atoms with E-state index in [4.69, 9.17) is 9.47 Å². The van der Waals surface area contributed by atoms with Gasteiger partial charge in [0, 0.05) is 17.9 Å². The summed E-state index contributed by atoms with van der Waals surface area (Å²) in [5, 5.41) is 5.19. The summed E-state index contributed by atoms with van der Waals surface area (Å²) in [4.78, 5) is 0. The molecule has 0 bridgehead atoms. The number of nitrogens with zero attached hydrogens (tertiary/aromatic N) is 2. The zero-order valence-electron chi connectivity index (χ0n) is 12.3. The molecule has 0 saturated heterocycles. The summed E-state index contributed by atoms with van der Waals surface area (Å²) in [5.41, 5.74) is 3.11. The fourth-order valence-corrected chi connectivity index (χ4v) is 3.28. The first-order valence-corrected chi connectivity index (χ1v) is 8.58. The summed E-state index contributed by atoms with van der Waals surface area (Å²) < 4.78 is 14.3. The van der Waals surface area contributed by atoms with Gasteiger partial charge in [-0.2, -0.15) is 5.10 Å². The lowest BCUT2D eigenvalue weighted by Gasteiger charge is -2.14. The maximum absolute atomic E-state index is 6.01. The second-order valence-electron chi connectivity index (χ2n) is 4.56. The van der Waals surface area contributed by atoms with E-state index in [0.29, 0.717) is 11.9 Å². The van der Waals surface area contributed by atoms with Crippen molar-refractivity contribution in [1.29, 1.82) is 0 Å². The van der Waals surface area contributed by atoms with Crippen molar-refractivity contribution < 1.29 is 9.47 Å². The number of aromatic nitrogens is 2. The normalized spacial score (nSPS) is 10.7. The fourth-order valence-electron chi connectivity index (χ4n) is 2.11. The number of alkyl halides is 1. The predicted octanol–water partition coefficient (Wildman–Crippen LogP) is 4.23. The zero-order chi connectivity index (χ0) is 15.4. The van der Waals surface area contributed by atoms with Gasteiger partial charge in [0.2, 0.25) is 0 Å². The first kappa shape index (κ1) is 16.4. The Morgan fingerprint density at radius 3 is 2.67 bits per heavy atom. The summed E-state index contributed by atoms with van der Waals surface area (Å²) >= 11 is 7.08. The number of ether oxygens (including phenoxy) is 2. The van der Waals surface area contributed by atoms with E-state index in [0.717, 1.165) is 39.3 Å². The van der Waals surface area contributed by atoms with E-state index in [-0.39, 0.29) is 0 Å². The van der Waals surface area contributed by atoms with E-state index in [9.17, 15) is 0 Å².